The molecule has 16 heavy (non-hydrogen) atoms. The SMILES string of the molecule is CC(Br)CC(C)(C)Cc1cc(Br)ccc1F. The number of halogens is 3. The van der Waals surface area contributed by atoms with Crippen LogP contribution in [0.2, 0.25) is 0 Å². The molecule has 1 unspecified atom stereocenters. The minimum absolute atomic E-state index is 0.102. The van der Waals surface area contributed by atoms with Crippen LogP contribution in [-0.2, 0) is 6.42 Å². The fourth-order valence-corrected chi connectivity index (χ4v) is 3.31. The molecule has 1 aromatic carbocycles. The van der Waals surface area contributed by atoms with E-state index in [4.69, 9.17) is 0 Å². The van der Waals surface area contributed by atoms with Crippen LogP contribution in [0.5, 0.6) is 0 Å². The molecule has 0 spiro atoms. The Bertz CT molecular complexity index is 359. The summed E-state index contributed by atoms with van der Waals surface area (Å²) in [5.74, 6) is -0.112. The molecule has 0 aliphatic carbocycles. The van der Waals surface area contributed by atoms with Crippen LogP contribution >= 0.6 is 31.9 Å². The molecule has 0 aliphatic heterocycles. The van der Waals surface area contributed by atoms with Gasteiger partial charge in [0.15, 0.2) is 0 Å². The van der Waals surface area contributed by atoms with Gasteiger partial charge in [0.25, 0.3) is 0 Å². The summed E-state index contributed by atoms with van der Waals surface area (Å²) in [4.78, 5) is 0.456. The molecule has 0 bridgehead atoms. The van der Waals surface area contributed by atoms with E-state index < -0.39 is 0 Å². The summed E-state index contributed by atoms with van der Waals surface area (Å²) in [5.41, 5.74) is 0.886. The van der Waals surface area contributed by atoms with Crippen LogP contribution in [0.4, 0.5) is 4.39 Å². The highest BCUT2D eigenvalue weighted by atomic mass is 79.9. The van der Waals surface area contributed by atoms with E-state index in [0.717, 1.165) is 22.9 Å². The molecule has 0 aliphatic rings. The second-order valence-corrected chi connectivity index (χ2v) is 7.54. The number of hydrogen-bond acceptors (Lipinski definition) is 0. The lowest BCUT2D eigenvalue weighted by atomic mass is 9.82. The first-order valence-electron chi connectivity index (χ1n) is 5.38. The lowest BCUT2D eigenvalue weighted by molar-refractivity contribution is 0.330. The van der Waals surface area contributed by atoms with Crippen molar-refractivity contribution in [3.63, 3.8) is 0 Å². The molecule has 0 nitrogen and oxygen atoms in total. The molecule has 90 valence electrons. The van der Waals surface area contributed by atoms with Crippen LogP contribution in [0.3, 0.4) is 0 Å². The molecule has 0 N–H and O–H groups in total. The molecule has 1 aromatic rings. The van der Waals surface area contributed by atoms with Crippen molar-refractivity contribution in [2.75, 3.05) is 0 Å². The fourth-order valence-electron chi connectivity index (χ4n) is 2.03. The summed E-state index contributed by atoms with van der Waals surface area (Å²) in [6.45, 7) is 6.47. The summed E-state index contributed by atoms with van der Waals surface area (Å²) in [6.07, 6.45) is 1.78. The van der Waals surface area contributed by atoms with Gasteiger partial charge in [0, 0.05) is 9.30 Å². The van der Waals surface area contributed by atoms with Gasteiger partial charge in [-0.2, -0.15) is 0 Å². The average molecular weight is 352 g/mol. The van der Waals surface area contributed by atoms with Gasteiger partial charge < -0.3 is 0 Å². The topological polar surface area (TPSA) is 0 Å². The van der Waals surface area contributed by atoms with E-state index in [1.807, 2.05) is 6.07 Å². The van der Waals surface area contributed by atoms with Gasteiger partial charge in [-0.15, -0.1) is 0 Å². The minimum atomic E-state index is -0.112. The van der Waals surface area contributed by atoms with Gasteiger partial charge in [-0.25, -0.2) is 4.39 Å². The first-order chi connectivity index (χ1) is 7.30. The Morgan fingerprint density at radius 1 is 1.38 bits per heavy atom. The smallest absolute Gasteiger partial charge is 0.126 e. The first-order valence-corrected chi connectivity index (χ1v) is 7.09. The fraction of sp³-hybridized carbons (Fsp3) is 0.538. The third-order valence-electron chi connectivity index (χ3n) is 2.51. The largest absolute Gasteiger partial charge is 0.207 e. The summed E-state index contributed by atoms with van der Waals surface area (Å²) in [5, 5.41) is 0. The molecular weight excluding hydrogens is 335 g/mol. The maximum Gasteiger partial charge on any atom is 0.126 e. The van der Waals surface area contributed by atoms with Gasteiger partial charge in [0.05, 0.1) is 0 Å². The highest BCUT2D eigenvalue weighted by molar-refractivity contribution is 9.10. The van der Waals surface area contributed by atoms with E-state index in [1.165, 1.54) is 6.07 Å². The van der Waals surface area contributed by atoms with Gasteiger partial charge in [0.1, 0.15) is 5.82 Å². The molecule has 1 atom stereocenters. The summed E-state index contributed by atoms with van der Waals surface area (Å²) in [6, 6.07) is 5.13. The van der Waals surface area contributed by atoms with Gasteiger partial charge in [-0.1, -0.05) is 52.6 Å². The van der Waals surface area contributed by atoms with Crippen molar-refractivity contribution in [1.82, 2.24) is 0 Å². The molecule has 0 saturated heterocycles. The molecular formula is C13H17Br2F. The van der Waals surface area contributed by atoms with Crippen LogP contribution in [0, 0.1) is 11.2 Å². The third-order valence-corrected chi connectivity index (χ3v) is 3.33. The third kappa shape index (κ3) is 4.54. The molecule has 0 aromatic heterocycles. The normalized spacial score (nSPS) is 13.9. The Morgan fingerprint density at radius 3 is 2.56 bits per heavy atom. The van der Waals surface area contributed by atoms with Crippen molar-refractivity contribution in [2.24, 2.45) is 5.41 Å². The van der Waals surface area contributed by atoms with Crippen molar-refractivity contribution in [3.05, 3.63) is 34.1 Å². The molecule has 0 radical (unpaired) electrons. The number of hydrogen-bond donors (Lipinski definition) is 0. The second kappa shape index (κ2) is 5.63. The summed E-state index contributed by atoms with van der Waals surface area (Å²) < 4.78 is 14.5. The zero-order valence-corrected chi connectivity index (χ0v) is 13.0. The van der Waals surface area contributed by atoms with E-state index in [0.29, 0.717) is 4.83 Å². The lowest BCUT2D eigenvalue weighted by Crippen LogP contribution is -2.19. The number of benzene rings is 1. The standard InChI is InChI=1S/C13H17Br2F/c1-9(14)7-13(2,3)8-10-6-11(15)4-5-12(10)16/h4-6,9H,7-8H2,1-3H3. The molecule has 0 fully saturated rings. The maximum absolute atomic E-state index is 13.6. The van der Waals surface area contributed by atoms with Crippen LogP contribution in [0.15, 0.2) is 22.7 Å². The Balaban J connectivity index is 2.82. The van der Waals surface area contributed by atoms with Crippen LogP contribution in [0.1, 0.15) is 32.8 Å². The number of rotatable bonds is 4. The highest BCUT2D eigenvalue weighted by Crippen LogP contribution is 2.31. The summed E-state index contributed by atoms with van der Waals surface area (Å²) >= 11 is 6.93. The molecule has 0 saturated carbocycles. The average Bonchev–Trinajstić information content (AvgIpc) is 2.08. The predicted octanol–water partition coefficient (Wildman–Crippen LogP) is 5.33. The Morgan fingerprint density at radius 2 is 2.00 bits per heavy atom. The predicted molar refractivity (Wildman–Crippen MR) is 74.6 cm³/mol. The molecule has 0 heterocycles. The number of alkyl halides is 1. The van der Waals surface area contributed by atoms with Crippen molar-refractivity contribution in [1.29, 1.82) is 0 Å². The minimum Gasteiger partial charge on any atom is -0.207 e. The maximum atomic E-state index is 13.6. The van der Waals surface area contributed by atoms with Crippen LogP contribution < -0.4 is 0 Å². The van der Waals surface area contributed by atoms with Gasteiger partial charge in [-0.3, -0.25) is 0 Å². The van der Waals surface area contributed by atoms with E-state index in [-0.39, 0.29) is 11.2 Å². The second-order valence-electron chi connectivity index (χ2n) is 5.06. The monoisotopic (exact) mass is 350 g/mol. The van der Waals surface area contributed by atoms with Gasteiger partial charge >= 0.3 is 0 Å². The molecule has 1 rings (SSSR count). The van der Waals surface area contributed by atoms with Crippen molar-refractivity contribution in [2.45, 2.75) is 38.4 Å². The van der Waals surface area contributed by atoms with Crippen molar-refractivity contribution < 1.29 is 4.39 Å². The van der Waals surface area contributed by atoms with Crippen molar-refractivity contribution >= 4 is 31.9 Å². The Labute approximate surface area is 114 Å². The molecule has 3 heteroatoms. The van der Waals surface area contributed by atoms with E-state index in [2.05, 4.69) is 52.6 Å². The van der Waals surface area contributed by atoms with Gasteiger partial charge in [-0.05, 0) is 42.0 Å². The highest BCUT2D eigenvalue weighted by Gasteiger charge is 2.22. The van der Waals surface area contributed by atoms with E-state index in [1.54, 1.807) is 6.07 Å². The lowest BCUT2D eigenvalue weighted by Gasteiger charge is -2.26. The zero-order valence-electron chi connectivity index (χ0n) is 9.86. The Kier molecular flexibility index (Phi) is 4.99. The van der Waals surface area contributed by atoms with Crippen LogP contribution in [-0.4, -0.2) is 4.83 Å². The van der Waals surface area contributed by atoms with Crippen LogP contribution in [0.25, 0.3) is 0 Å². The quantitative estimate of drug-likeness (QED) is 0.643. The zero-order chi connectivity index (χ0) is 12.3. The summed E-state index contributed by atoms with van der Waals surface area (Å²) in [7, 11) is 0. The first kappa shape index (κ1) is 14.2. The van der Waals surface area contributed by atoms with E-state index >= 15 is 0 Å². The van der Waals surface area contributed by atoms with E-state index in [9.17, 15) is 4.39 Å². The Hall–Kier alpha value is 0.110. The molecule has 0 amide bonds. The van der Waals surface area contributed by atoms with Gasteiger partial charge in [0.2, 0.25) is 0 Å². The van der Waals surface area contributed by atoms with Crippen molar-refractivity contribution in [3.8, 4) is 0 Å².